The lowest BCUT2D eigenvalue weighted by molar-refractivity contribution is -0.925. The van der Waals surface area contributed by atoms with Gasteiger partial charge in [-0.25, -0.2) is 16.8 Å². The third-order valence-electron chi connectivity index (χ3n) is 4.71. The summed E-state index contributed by atoms with van der Waals surface area (Å²) < 4.78 is 50.2. The van der Waals surface area contributed by atoms with Crippen LogP contribution in [0.4, 0.5) is 0 Å². The summed E-state index contributed by atoms with van der Waals surface area (Å²) in [6, 6.07) is 4.64. The summed E-state index contributed by atoms with van der Waals surface area (Å²) in [5, 5.41) is 0.244. The van der Waals surface area contributed by atoms with Crippen LogP contribution in [0, 0.1) is 0 Å². The predicted octanol–water partition coefficient (Wildman–Crippen LogP) is 0.0697. The zero-order valence-corrected chi connectivity index (χ0v) is 16.1. The average Bonchev–Trinajstić information content (AvgIpc) is 2.90. The van der Waals surface area contributed by atoms with Crippen molar-refractivity contribution < 1.29 is 21.7 Å². The van der Waals surface area contributed by atoms with Crippen LogP contribution in [0.2, 0.25) is 10.0 Å². The fraction of sp³-hybridized carbons (Fsp3) is 0.571. The highest BCUT2D eigenvalue weighted by Gasteiger charge is 2.39. The van der Waals surface area contributed by atoms with Crippen molar-refractivity contribution in [2.45, 2.75) is 17.4 Å². The van der Waals surface area contributed by atoms with Crippen LogP contribution in [0.25, 0.3) is 0 Å². The quantitative estimate of drug-likeness (QED) is 0.760. The molecule has 0 aliphatic carbocycles. The number of rotatable bonds is 3. The molecule has 3 rings (SSSR count). The van der Waals surface area contributed by atoms with Gasteiger partial charge in [-0.2, -0.15) is 4.31 Å². The largest absolute Gasteiger partial charge is 0.329 e. The lowest BCUT2D eigenvalue weighted by atomic mass is 10.2. The number of sulfone groups is 1. The van der Waals surface area contributed by atoms with E-state index in [4.69, 9.17) is 23.2 Å². The second-order valence-electron chi connectivity index (χ2n) is 6.21. The number of benzene rings is 1. The van der Waals surface area contributed by atoms with Crippen molar-refractivity contribution in [1.29, 1.82) is 0 Å². The minimum absolute atomic E-state index is 0.0172. The van der Waals surface area contributed by atoms with Gasteiger partial charge in [-0.15, -0.1) is 0 Å². The molecule has 0 spiro atoms. The maximum Gasteiger partial charge on any atom is 0.245 e. The Morgan fingerprint density at radius 3 is 2.42 bits per heavy atom. The smallest absolute Gasteiger partial charge is 0.245 e. The first kappa shape index (κ1) is 18.4. The first-order valence-corrected chi connectivity index (χ1v) is 11.7. The summed E-state index contributed by atoms with van der Waals surface area (Å²) in [5.41, 5.74) is 0. The van der Waals surface area contributed by atoms with E-state index in [-0.39, 0.29) is 32.5 Å². The lowest BCUT2D eigenvalue weighted by Crippen LogP contribution is -3.18. The molecule has 0 amide bonds. The van der Waals surface area contributed by atoms with Gasteiger partial charge in [0.2, 0.25) is 10.0 Å². The summed E-state index contributed by atoms with van der Waals surface area (Å²) in [5.74, 6) is 0.441. The molecule has 1 aromatic carbocycles. The SMILES string of the molecule is O=S1(=O)CC[C@H]([NH+]2CCN(S(=O)(=O)c3cccc(Cl)c3Cl)CC2)C1. The number of nitrogens with one attached hydrogen (secondary N) is 1. The highest BCUT2D eigenvalue weighted by molar-refractivity contribution is 7.91. The minimum atomic E-state index is -3.70. The van der Waals surface area contributed by atoms with Crippen LogP contribution in [0.5, 0.6) is 0 Å². The number of piperazine rings is 1. The van der Waals surface area contributed by atoms with Gasteiger partial charge in [0.1, 0.15) is 16.7 Å². The normalized spacial score (nSPS) is 25.8. The molecule has 1 N–H and O–H groups in total. The lowest BCUT2D eigenvalue weighted by Gasteiger charge is -2.34. The van der Waals surface area contributed by atoms with Crippen LogP contribution in [-0.4, -0.2) is 64.9 Å². The Balaban J connectivity index is 1.71. The van der Waals surface area contributed by atoms with Crippen LogP contribution >= 0.6 is 23.2 Å². The third-order valence-corrected chi connectivity index (χ3v) is 9.35. The van der Waals surface area contributed by atoms with Crippen molar-refractivity contribution in [3.05, 3.63) is 28.2 Å². The fourth-order valence-electron chi connectivity index (χ4n) is 3.36. The topological polar surface area (TPSA) is 76.0 Å². The van der Waals surface area contributed by atoms with Gasteiger partial charge >= 0.3 is 0 Å². The number of halogens is 2. The molecule has 10 heteroatoms. The number of hydrogen-bond acceptors (Lipinski definition) is 4. The van der Waals surface area contributed by atoms with E-state index < -0.39 is 19.9 Å². The molecule has 2 heterocycles. The van der Waals surface area contributed by atoms with E-state index in [0.717, 1.165) is 0 Å². The molecule has 6 nitrogen and oxygen atoms in total. The zero-order chi connectivity index (χ0) is 17.5. The molecule has 0 bridgehead atoms. The van der Waals surface area contributed by atoms with Gasteiger partial charge in [0.15, 0.2) is 9.84 Å². The van der Waals surface area contributed by atoms with Crippen molar-refractivity contribution in [2.24, 2.45) is 0 Å². The Bertz CT molecular complexity index is 834. The molecule has 1 aromatic rings. The Morgan fingerprint density at radius 1 is 1.17 bits per heavy atom. The molecule has 24 heavy (non-hydrogen) atoms. The van der Waals surface area contributed by atoms with Gasteiger partial charge in [0.05, 0.1) is 42.0 Å². The molecule has 0 saturated carbocycles. The number of nitrogens with zero attached hydrogens (tertiary/aromatic N) is 1. The molecule has 134 valence electrons. The van der Waals surface area contributed by atoms with Crippen molar-refractivity contribution >= 4 is 43.1 Å². The van der Waals surface area contributed by atoms with Crippen LogP contribution in [0.3, 0.4) is 0 Å². The number of sulfonamides is 1. The van der Waals surface area contributed by atoms with Crippen molar-refractivity contribution in [2.75, 3.05) is 37.7 Å². The van der Waals surface area contributed by atoms with E-state index in [1.807, 2.05) is 0 Å². The van der Waals surface area contributed by atoms with E-state index in [9.17, 15) is 16.8 Å². The van der Waals surface area contributed by atoms with Crippen molar-refractivity contribution in [3.8, 4) is 0 Å². The molecule has 0 unspecified atom stereocenters. The van der Waals surface area contributed by atoms with Crippen LogP contribution in [0.15, 0.2) is 23.1 Å². The number of hydrogen-bond donors (Lipinski definition) is 1. The van der Waals surface area contributed by atoms with Crippen LogP contribution in [-0.2, 0) is 19.9 Å². The summed E-state index contributed by atoms with van der Waals surface area (Å²) in [4.78, 5) is 1.18. The monoisotopic (exact) mass is 413 g/mol. The Labute approximate surface area is 152 Å². The first-order valence-electron chi connectivity index (χ1n) is 7.70. The molecular formula is C14H19Cl2N2O4S2+. The Hall–Kier alpha value is -0.380. The molecule has 2 saturated heterocycles. The van der Waals surface area contributed by atoms with Crippen LogP contribution in [0.1, 0.15) is 6.42 Å². The summed E-state index contributed by atoms with van der Waals surface area (Å²) in [6.45, 7) is 1.88. The minimum Gasteiger partial charge on any atom is -0.329 e. The fourth-order valence-corrected chi connectivity index (χ4v) is 7.36. The van der Waals surface area contributed by atoms with Crippen molar-refractivity contribution in [3.63, 3.8) is 0 Å². The molecule has 2 aliphatic heterocycles. The van der Waals surface area contributed by atoms with Crippen molar-refractivity contribution in [1.82, 2.24) is 4.31 Å². The van der Waals surface area contributed by atoms with Gasteiger partial charge < -0.3 is 4.90 Å². The van der Waals surface area contributed by atoms with Gasteiger partial charge in [-0.05, 0) is 12.1 Å². The number of quaternary nitrogens is 1. The van der Waals surface area contributed by atoms with E-state index >= 15 is 0 Å². The standard InChI is InChI=1S/C14H18Cl2N2O4S2/c15-12-2-1-3-13(14(12)16)24(21,22)18-7-5-17(6-8-18)11-4-9-23(19,20)10-11/h1-3,11H,4-10H2/p+1/t11-/m0/s1. The average molecular weight is 414 g/mol. The molecule has 0 radical (unpaired) electrons. The second-order valence-corrected chi connectivity index (χ2v) is 11.1. The Morgan fingerprint density at radius 2 is 1.83 bits per heavy atom. The third kappa shape index (κ3) is 3.59. The highest BCUT2D eigenvalue weighted by Crippen LogP contribution is 2.30. The van der Waals surface area contributed by atoms with Gasteiger partial charge in [-0.1, -0.05) is 29.3 Å². The maximum atomic E-state index is 12.8. The summed E-state index contributed by atoms with van der Waals surface area (Å²) >= 11 is 12.0. The second kappa shape index (κ2) is 6.74. The summed E-state index contributed by atoms with van der Waals surface area (Å²) in [7, 11) is -6.62. The van der Waals surface area contributed by atoms with E-state index in [2.05, 4.69) is 0 Å². The molecular weight excluding hydrogens is 395 g/mol. The first-order chi connectivity index (χ1) is 11.2. The van der Waals surface area contributed by atoms with Gasteiger partial charge in [0.25, 0.3) is 0 Å². The predicted molar refractivity (Wildman–Crippen MR) is 93.0 cm³/mol. The maximum absolute atomic E-state index is 12.8. The van der Waals surface area contributed by atoms with E-state index in [0.29, 0.717) is 32.6 Å². The van der Waals surface area contributed by atoms with E-state index in [1.165, 1.54) is 15.3 Å². The van der Waals surface area contributed by atoms with Gasteiger partial charge in [0, 0.05) is 6.42 Å². The highest BCUT2D eigenvalue weighted by atomic mass is 35.5. The molecule has 2 aliphatic rings. The van der Waals surface area contributed by atoms with E-state index in [1.54, 1.807) is 12.1 Å². The Kier molecular flexibility index (Phi) is 5.17. The van der Waals surface area contributed by atoms with Gasteiger partial charge in [-0.3, -0.25) is 0 Å². The van der Waals surface area contributed by atoms with Crippen LogP contribution < -0.4 is 4.90 Å². The molecule has 1 atom stereocenters. The zero-order valence-electron chi connectivity index (χ0n) is 12.9. The molecule has 0 aromatic heterocycles. The molecule has 2 fully saturated rings. The summed E-state index contributed by atoms with van der Waals surface area (Å²) in [6.07, 6.45) is 0.657.